The van der Waals surface area contributed by atoms with Gasteiger partial charge < -0.3 is 4.40 Å². The second kappa shape index (κ2) is 9.83. The summed E-state index contributed by atoms with van der Waals surface area (Å²) in [7, 11) is 0. The predicted octanol–water partition coefficient (Wildman–Crippen LogP) is 11.4. The van der Waals surface area contributed by atoms with Crippen molar-refractivity contribution < 1.29 is 0 Å². The van der Waals surface area contributed by atoms with Crippen LogP contribution in [0.5, 0.6) is 0 Å². The lowest BCUT2D eigenvalue weighted by Gasteiger charge is -2.17. The molecule has 0 aliphatic heterocycles. The second-order valence-electron chi connectivity index (χ2n) is 10.9. The molecule has 0 saturated heterocycles. The van der Waals surface area contributed by atoms with E-state index < -0.39 is 0 Å². The molecule has 0 N–H and O–H groups in total. The molecule has 6 aromatic carbocycles. The SMILES string of the molecule is [C-]#[N+]c1c([N+]#[C-])c([N+]#[C-])c2cc3c4cc5ccccc5cc4c4c(-c5ccccc5)cc(-c5ccccc5)n4c3cc2c1C#N. The highest BCUT2D eigenvalue weighted by Gasteiger charge is 2.24. The molecule has 0 amide bonds. The van der Waals surface area contributed by atoms with Crippen molar-refractivity contribution in [3.05, 3.63) is 155 Å². The maximum absolute atomic E-state index is 10.3. The lowest BCUT2D eigenvalue weighted by molar-refractivity contribution is 1.29. The Morgan fingerprint density at radius 1 is 0.533 bits per heavy atom. The number of nitrogens with zero attached hydrogens (tertiary/aromatic N) is 5. The third-order valence-corrected chi connectivity index (χ3v) is 8.62. The number of pyridine rings is 1. The predicted molar refractivity (Wildman–Crippen MR) is 182 cm³/mol. The summed E-state index contributed by atoms with van der Waals surface area (Å²) in [5.74, 6) is 0. The van der Waals surface area contributed by atoms with E-state index in [4.69, 9.17) is 19.7 Å². The van der Waals surface area contributed by atoms with Gasteiger partial charge in [0.05, 0.1) is 48.1 Å². The van der Waals surface area contributed by atoms with E-state index >= 15 is 0 Å². The molecule has 0 spiro atoms. The lowest BCUT2D eigenvalue weighted by atomic mass is 9.93. The molecule has 2 heterocycles. The fourth-order valence-corrected chi connectivity index (χ4v) is 6.66. The van der Waals surface area contributed by atoms with Gasteiger partial charge >= 0.3 is 0 Å². The summed E-state index contributed by atoms with van der Waals surface area (Å²) in [5, 5.41) is 16.4. The average molecular weight is 570 g/mol. The minimum absolute atomic E-state index is 0.0727. The summed E-state index contributed by atoms with van der Waals surface area (Å²) >= 11 is 0. The summed E-state index contributed by atoms with van der Waals surface area (Å²) in [6.07, 6.45) is 0. The van der Waals surface area contributed by atoms with E-state index in [0.29, 0.717) is 10.8 Å². The molecule has 0 atom stereocenters. The van der Waals surface area contributed by atoms with Crippen LogP contribution in [0.25, 0.3) is 85.7 Å². The molecule has 0 bridgehead atoms. The van der Waals surface area contributed by atoms with Crippen molar-refractivity contribution in [3.8, 4) is 28.5 Å². The Bertz CT molecular complexity index is 2730. The molecule has 204 valence electrons. The van der Waals surface area contributed by atoms with Crippen LogP contribution < -0.4 is 0 Å². The van der Waals surface area contributed by atoms with Gasteiger partial charge in [0.15, 0.2) is 5.69 Å². The normalized spacial score (nSPS) is 11.0. The smallest absolute Gasteiger partial charge is 0.202 e. The fraction of sp³-hybridized carbons (Fsp3) is 0. The number of hydrogen-bond donors (Lipinski definition) is 0. The first-order chi connectivity index (χ1) is 22.2. The van der Waals surface area contributed by atoms with Crippen LogP contribution in [-0.4, -0.2) is 4.40 Å². The number of benzene rings is 6. The summed E-state index contributed by atoms with van der Waals surface area (Å²) in [4.78, 5) is 10.9. The zero-order valence-corrected chi connectivity index (χ0v) is 23.7. The maximum Gasteiger partial charge on any atom is 0.202 e. The van der Waals surface area contributed by atoms with Gasteiger partial charge in [-0.05, 0) is 62.3 Å². The van der Waals surface area contributed by atoms with Crippen LogP contribution in [0.3, 0.4) is 0 Å². The Balaban J connectivity index is 1.72. The molecule has 5 nitrogen and oxygen atoms in total. The second-order valence-corrected chi connectivity index (χ2v) is 10.9. The van der Waals surface area contributed by atoms with Crippen molar-refractivity contribution in [1.29, 1.82) is 5.26 Å². The van der Waals surface area contributed by atoms with Gasteiger partial charge in [-0.25, -0.2) is 0 Å². The lowest BCUT2D eigenvalue weighted by Crippen LogP contribution is -1.95. The molecule has 0 aliphatic rings. The quantitative estimate of drug-likeness (QED) is 0.116. The maximum atomic E-state index is 10.3. The van der Waals surface area contributed by atoms with E-state index in [9.17, 15) is 5.26 Å². The molecule has 8 aromatic rings. The third-order valence-electron chi connectivity index (χ3n) is 8.62. The molecule has 0 saturated carbocycles. The summed E-state index contributed by atoms with van der Waals surface area (Å²) in [5.41, 5.74) is 6.11. The zero-order chi connectivity index (χ0) is 30.7. The molecule has 45 heavy (non-hydrogen) atoms. The minimum Gasteiger partial charge on any atom is -0.308 e. The van der Waals surface area contributed by atoms with Gasteiger partial charge in [0, 0.05) is 16.3 Å². The Hall–Kier alpha value is -6.92. The van der Waals surface area contributed by atoms with Crippen LogP contribution in [-0.2, 0) is 0 Å². The van der Waals surface area contributed by atoms with Crippen LogP contribution in [0, 0.1) is 31.0 Å². The number of nitriles is 1. The van der Waals surface area contributed by atoms with Crippen molar-refractivity contribution in [2.75, 3.05) is 0 Å². The third kappa shape index (κ3) is 3.63. The van der Waals surface area contributed by atoms with Crippen molar-refractivity contribution >= 4 is 65.8 Å². The van der Waals surface area contributed by atoms with E-state index in [1.807, 2.05) is 60.7 Å². The molecule has 8 rings (SSSR count). The first-order valence-electron chi connectivity index (χ1n) is 14.3. The van der Waals surface area contributed by atoms with Gasteiger partial charge in [-0.3, -0.25) is 14.5 Å². The number of aromatic nitrogens is 1. The Morgan fingerprint density at radius 3 is 1.76 bits per heavy atom. The minimum atomic E-state index is -0.0749. The van der Waals surface area contributed by atoms with Crippen LogP contribution in [0.1, 0.15) is 5.56 Å². The van der Waals surface area contributed by atoms with Gasteiger partial charge in [-0.2, -0.15) is 5.26 Å². The van der Waals surface area contributed by atoms with Crippen LogP contribution in [0.2, 0.25) is 0 Å². The van der Waals surface area contributed by atoms with Gasteiger partial charge in [0.25, 0.3) is 0 Å². The van der Waals surface area contributed by atoms with Crippen LogP contribution in [0.15, 0.2) is 115 Å². The Kier molecular flexibility index (Phi) is 5.63. The largest absolute Gasteiger partial charge is 0.308 e. The van der Waals surface area contributed by atoms with E-state index in [2.05, 4.69) is 79.6 Å². The van der Waals surface area contributed by atoms with Crippen molar-refractivity contribution in [3.63, 3.8) is 0 Å². The number of hydrogen-bond acceptors (Lipinski definition) is 1. The van der Waals surface area contributed by atoms with Gasteiger partial charge in [0.1, 0.15) is 0 Å². The standard InChI is InChI=1S/C40H19N5/c1-42-37-32-20-31-29-18-26-16-10-11-17-27(26)19-33(29)40-28(24-12-6-4-7-13-24)21-35(25-14-8-5-9-15-25)45(40)36(31)22-30(32)34(23-41)38(43-2)39(37)44-3/h4-22H. The summed E-state index contributed by atoms with van der Waals surface area (Å²) < 4.78 is 2.25. The zero-order valence-electron chi connectivity index (χ0n) is 23.7. The van der Waals surface area contributed by atoms with Crippen molar-refractivity contribution in [2.24, 2.45) is 0 Å². The van der Waals surface area contributed by atoms with Crippen LogP contribution in [0.4, 0.5) is 17.1 Å². The molecule has 0 aliphatic carbocycles. The highest BCUT2D eigenvalue weighted by atomic mass is 14.9. The molecular formula is C40H19N5. The van der Waals surface area contributed by atoms with Crippen LogP contribution >= 0.6 is 0 Å². The molecule has 5 heteroatoms. The topological polar surface area (TPSA) is 41.3 Å². The van der Waals surface area contributed by atoms with Gasteiger partial charge in [-0.1, -0.05) is 91.0 Å². The molecule has 2 aromatic heterocycles. The van der Waals surface area contributed by atoms with Gasteiger partial charge in [-0.15, -0.1) is 0 Å². The van der Waals surface area contributed by atoms with Crippen molar-refractivity contribution in [2.45, 2.75) is 0 Å². The number of rotatable bonds is 2. The van der Waals surface area contributed by atoms with E-state index in [-0.39, 0.29) is 22.6 Å². The highest BCUT2D eigenvalue weighted by molar-refractivity contribution is 6.24. The summed E-state index contributed by atoms with van der Waals surface area (Å²) in [6, 6.07) is 41.5. The Morgan fingerprint density at radius 2 is 1.13 bits per heavy atom. The number of fused-ring (bicyclic) bond motifs is 8. The highest BCUT2D eigenvalue weighted by Crippen LogP contribution is 2.50. The molecular weight excluding hydrogens is 550 g/mol. The average Bonchev–Trinajstić information content (AvgIpc) is 3.51. The molecule has 0 fully saturated rings. The Labute approximate surface area is 258 Å². The van der Waals surface area contributed by atoms with E-state index in [1.54, 1.807) is 0 Å². The fourth-order valence-electron chi connectivity index (χ4n) is 6.66. The van der Waals surface area contributed by atoms with Crippen molar-refractivity contribution in [1.82, 2.24) is 4.40 Å². The monoisotopic (exact) mass is 569 g/mol. The summed E-state index contributed by atoms with van der Waals surface area (Å²) in [6.45, 7) is 23.6. The first-order valence-corrected chi connectivity index (χ1v) is 14.3. The molecule has 0 unspecified atom stereocenters. The van der Waals surface area contributed by atoms with E-state index in [0.717, 1.165) is 60.3 Å². The van der Waals surface area contributed by atoms with E-state index in [1.165, 1.54) is 0 Å². The van der Waals surface area contributed by atoms with Gasteiger partial charge in [0.2, 0.25) is 11.4 Å². The molecule has 0 radical (unpaired) electrons. The first kappa shape index (κ1) is 25.8.